The summed E-state index contributed by atoms with van der Waals surface area (Å²) in [5.74, 6) is 2.16. The van der Waals surface area contributed by atoms with Gasteiger partial charge in [0.1, 0.15) is 11.6 Å². The number of aromatic nitrogens is 4. The SMILES string of the molecule is Cc1ccc(C(CCO)Nc2nc(C3CCCC3)nc3c2cnn3C)cc1. The molecule has 3 aromatic rings. The number of hydrogen-bond acceptors (Lipinski definition) is 5. The van der Waals surface area contributed by atoms with Gasteiger partial charge in [0.05, 0.1) is 17.6 Å². The first kappa shape index (κ1) is 17.9. The van der Waals surface area contributed by atoms with Crippen molar-refractivity contribution in [3.8, 4) is 0 Å². The van der Waals surface area contributed by atoms with Crippen molar-refractivity contribution in [3.05, 3.63) is 47.4 Å². The van der Waals surface area contributed by atoms with Gasteiger partial charge in [-0.2, -0.15) is 5.10 Å². The standard InChI is InChI=1S/C21H27N5O/c1-14-7-9-15(10-8-14)18(11-12-27)23-20-17-13-22-26(2)21(17)25-19(24-20)16-5-3-4-6-16/h7-10,13,16,18,27H,3-6,11-12H2,1-2H3,(H,23,24,25). The van der Waals surface area contributed by atoms with E-state index in [1.54, 1.807) is 0 Å². The molecule has 1 aliphatic carbocycles. The van der Waals surface area contributed by atoms with Gasteiger partial charge in [0, 0.05) is 19.6 Å². The molecule has 2 aromatic heterocycles. The van der Waals surface area contributed by atoms with Crippen LogP contribution in [-0.4, -0.2) is 31.5 Å². The van der Waals surface area contributed by atoms with Crippen molar-refractivity contribution in [2.75, 3.05) is 11.9 Å². The summed E-state index contributed by atoms with van der Waals surface area (Å²) in [5, 5.41) is 18.5. The average Bonchev–Trinajstić information content (AvgIpc) is 3.33. The van der Waals surface area contributed by atoms with E-state index in [0.717, 1.165) is 41.1 Å². The molecule has 6 nitrogen and oxygen atoms in total. The van der Waals surface area contributed by atoms with Gasteiger partial charge in [-0.05, 0) is 31.7 Å². The topological polar surface area (TPSA) is 75.9 Å². The Hall–Kier alpha value is -2.47. The molecule has 6 heteroatoms. The molecule has 142 valence electrons. The van der Waals surface area contributed by atoms with Gasteiger partial charge in [-0.3, -0.25) is 4.68 Å². The first-order valence-electron chi connectivity index (χ1n) is 9.79. The minimum absolute atomic E-state index is 0.00895. The monoisotopic (exact) mass is 365 g/mol. The van der Waals surface area contributed by atoms with Crippen LogP contribution >= 0.6 is 0 Å². The summed E-state index contributed by atoms with van der Waals surface area (Å²) in [7, 11) is 1.92. The zero-order chi connectivity index (χ0) is 18.8. The predicted octanol–water partition coefficient (Wildman–Crippen LogP) is 3.86. The molecular weight excluding hydrogens is 338 g/mol. The fraction of sp³-hybridized carbons (Fsp3) is 0.476. The Morgan fingerprint density at radius 3 is 2.63 bits per heavy atom. The number of rotatable bonds is 6. The van der Waals surface area contributed by atoms with Crippen molar-refractivity contribution in [3.63, 3.8) is 0 Å². The summed E-state index contributed by atoms with van der Waals surface area (Å²) in [5.41, 5.74) is 3.23. The van der Waals surface area contributed by atoms with Gasteiger partial charge in [0.2, 0.25) is 0 Å². The number of aliphatic hydroxyl groups excluding tert-OH is 1. The van der Waals surface area contributed by atoms with E-state index in [2.05, 4.69) is 41.6 Å². The van der Waals surface area contributed by atoms with E-state index < -0.39 is 0 Å². The molecule has 1 unspecified atom stereocenters. The third-order valence-corrected chi connectivity index (χ3v) is 5.54. The molecule has 1 atom stereocenters. The third kappa shape index (κ3) is 3.67. The molecule has 1 aliphatic rings. The van der Waals surface area contributed by atoms with Crippen LogP contribution in [0.2, 0.25) is 0 Å². The number of hydrogen-bond donors (Lipinski definition) is 2. The zero-order valence-electron chi connectivity index (χ0n) is 16.0. The largest absolute Gasteiger partial charge is 0.396 e. The lowest BCUT2D eigenvalue weighted by Gasteiger charge is -2.20. The molecule has 27 heavy (non-hydrogen) atoms. The van der Waals surface area contributed by atoms with E-state index in [1.165, 1.54) is 18.4 Å². The highest BCUT2D eigenvalue weighted by molar-refractivity contribution is 5.86. The molecule has 0 bridgehead atoms. The number of aryl methyl sites for hydroxylation is 2. The highest BCUT2D eigenvalue weighted by Crippen LogP contribution is 2.35. The van der Waals surface area contributed by atoms with E-state index >= 15 is 0 Å². The zero-order valence-corrected chi connectivity index (χ0v) is 16.0. The first-order chi connectivity index (χ1) is 13.2. The van der Waals surface area contributed by atoms with Gasteiger partial charge in [0.25, 0.3) is 0 Å². The average molecular weight is 365 g/mol. The maximum atomic E-state index is 9.59. The van der Waals surface area contributed by atoms with Crippen molar-refractivity contribution >= 4 is 16.9 Å². The second kappa shape index (κ2) is 7.64. The van der Waals surface area contributed by atoms with Crippen LogP contribution in [0.5, 0.6) is 0 Å². The Labute approximate surface area is 159 Å². The number of anilines is 1. The fourth-order valence-corrected chi connectivity index (χ4v) is 3.93. The Bertz CT molecular complexity index is 912. The van der Waals surface area contributed by atoms with E-state index in [0.29, 0.717) is 12.3 Å². The summed E-state index contributed by atoms with van der Waals surface area (Å²) in [4.78, 5) is 9.72. The minimum atomic E-state index is -0.00895. The summed E-state index contributed by atoms with van der Waals surface area (Å²) >= 11 is 0. The molecule has 0 aliphatic heterocycles. The highest BCUT2D eigenvalue weighted by Gasteiger charge is 2.23. The second-order valence-corrected chi connectivity index (χ2v) is 7.54. The van der Waals surface area contributed by atoms with Crippen molar-refractivity contribution in [1.82, 2.24) is 19.7 Å². The van der Waals surface area contributed by atoms with Crippen LogP contribution < -0.4 is 5.32 Å². The van der Waals surface area contributed by atoms with Gasteiger partial charge in [-0.15, -0.1) is 0 Å². The number of benzene rings is 1. The Kier molecular flexibility index (Phi) is 5.07. The van der Waals surface area contributed by atoms with E-state index in [9.17, 15) is 5.11 Å². The van der Waals surface area contributed by atoms with Gasteiger partial charge in [-0.1, -0.05) is 42.7 Å². The molecular formula is C21H27N5O. The summed E-state index contributed by atoms with van der Waals surface area (Å²) < 4.78 is 1.81. The van der Waals surface area contributed by atoms with Crippen molar-refractivity contribution in [2.24, 2.45) is 7.05 Å². The maximum Gasteiger partial charge on any atom is 0.163 e. The number of nitrogens with zero attached hydrogens (tertiary/aromatic N) is 4. The Balaban J connectivity index is 1.73. The minimum Gasteiger partial charge on any atom is -0.396 e. The van der Waals surface area contributed by atoms with Crippen molar-refractivity contribution < 1.29 is 5.11 Å². The van der Waals surface area contributed by atoms with Crippen LogP contribution in [0.1, 0.15) is 61.0 Å². The molecule has 4 rings (SSSR count). The van der Waals surface area contributed by atoms with Gasteiger partial charge < -0.3 is 10.4 Å². The number of nitrogens with one attached hydrogen (secondary N) is 1. The van der Waals surface area contributed by atoms with E-state index in [4.69, 9.17) is 9.97 Å². The molecule has 1 aromatic carbocycles. The van der Waals surface area contributed by atoms with Gasteiger partial charge >= 0.3 is 0 Å². The van der Waals surface area contributed by atoms with Crippen LogP contribution in [0.4, 0.5) is 5.82 Å². The Morgan fingerprint density at radius 1 is 1.19 bits per heavy atom. The highest BCUT2D eigenvalue weighted by atomic mass is 16.3. The van der Waals surface area contributed by atoms with Crippen LogP contribution in [0.25, 0.3) is 11.0 Å². The molecule has 1 fully saturated rings. The van der Waals surface area contributed by atoms with Gasteiger partial charge in [0.15, 0.2) is 5.65 Å². The quantitative estimate of drug-likeness (QED) is 0.694. The van der Waals surface area contributed by atoms with Crippen LogP contribution in [0, 0.1) is 6.92 Å². The van der Waals surface area contributed by atoms with Crippen LogP contribution in [0.3, 0.4) is 0 Å². The normalized spacial score (nSPS) is 16.1. The molecule has 0 saturated heterocycles. The lowest BCUT2D eigenvalue weighted by molar-refractivity contribution is 0.280. The van der Waals surface area contributed by atoms with Crippen LogP contribution in [-0.2, 0) is 7.05 Å². The van der Waals surface area contributed by atoms with E-state index in [-0.39, 0.29) is 12.6 Å². The fourth-order valence-electron chi connectivity index (χ4n) is 3.93. The maximum absolute atomic E-state index is 9.59. The second-order valence-electron chi connectivity index (χ2n) is 7.54. The van der Waals surface area contributed by atoms with Crippen molar-refractivity contribution in [2.45, 2.75) is 51.0 Å². The van der Waals surface area contributed by atoms with Crippen molar-refractivity contribution in [1.29, 1.82) is 0 Å². The molecule has 0 amide bonds. The summed E-state index contributed by atoms with van der Waals surface area (Å²) in [6.45, 7) is 2.19. The van der Waals surface area contributed by atoms with Crippen LogP contribution in [0.15, 0.2) is 30.5 Å². The smallest absolute Gasteiger partial charge is 0.163 e. The molecule has 2 heterocycles. The molecule has 2 N–H and O–H groups in total. The summed E-state index contributed by atoms with van der Waals surface area (Å²) in [6, 6.07) is 8.42. The van der Waals surface area contributed by atoms with E-state index in [1.807, 2.05) is 17.9 Å². The predicted molar refractivity (Wildman–Crippen MR) is 107 cm³/mol. The molecule has 1 saturated carbocycles. The molecule has 0 radical (unpaired) electrons. The lowest BCUT2D eigenvalue weighted by atomic mass is 10.0. The number of aliphatic hydroxyl groups is 1. The first-order valence-corrected chi connectivity index (χ1v) is 9.79. The summed E-state index contributed by atoms with van der Waals surface area (Å²) in [6.07, 6.45) is 7.24. The lowest BCUT2D eigenvalue weighted by Crippen LogP contribution is -2.15. The molecule has 0 spiro atoms. The third-order valence-electron chi connectivity index (χ3n) is 5.54. The number of fused-ring (bicyclic) bond motifs is 1. The van der Waals surface area contributed by atoms with Gasteiger partial charge in [-0.25, -0.2) is 9.97 Å². The Morgan fingerprint density at radius 2 is 1.93 bits per heavy atom.